The lowest BCUT2D eigenvalue weighted by Gasteiger charge is -2.20. The second-order valence-corrected chi connectivity index (χ2v) is 5.10. The van der Waals surface area contributed by atoms with Gasteiger partial charge in [0.2, 0.25) is 0 Å². The SMILES string of the molecule is CC1=CC=CC(C(=O)O)C1C.Cc1ccc(C)cc1. The monoisotopic (exact) mass is 258 g/mol. The van der Waals surface area contributed by atoms with E-state index < -0.39 is 5.97 Å². The highest BCUT2D eigenvalue weighted by molar-refractivity contribution is 5.73. The predicted molar refractivity (Wildman–Crippen MR) is 79.1 cm³/mol. The molecule has 2 nitrogen and oxygen atoms in total. The van der Waals surface area contributed by atoms with Crippen molar-refractivity contribution in [3.05, 3.63) is 59.2 Å². The topological polar surface area (TPSA) is 37.3 Å². The fraction of sp³-hybridized carbons (Fsp3) is 0.353. The van der Waals surface area contributed by atoms with Crippen LogP contribution in [0.25, 0.3) is 0 Å². The molecule has 1 aliphatic rings. The smallest absolute Gasteiger partial charge is 0.310 e. The van der Waals surface area contributed by atoms with E-state index in [1.807, 2.05) is 26.0 Å². The maximum atomic E-state index is 10.6. The fourth-order valence-electron chi connectivity index (χ4n) is 1.86. The lowest BCUT2D eigenvalue weighted by Crippen LogP contribution is -2.21. The number of allylic oxidation sites excluding steroid dienone is 3. The molecule has 2 atom stereocenters. The van der Waals surface area contributed by atoms with Crippen molar-refractivity contribution in [1.29, 1.82) is 0 Å². The minimum Gasteiger partial charge on any atom is -0.481 e. The van der Waals surface area contributed by atoms with Gasteiger partial charge in [-0.1, -0.05) is 66.1 Å². The summed E-state index contributed by atoms with van der Waals surface area (Å²) in [5.74, 6) is -0.932. The van der Waals surface area contributed by atoms with Gasteiger partial charge in [0.05, 0.1) is 5.92 Å². The normalized spacial score (nSPS) is 21.2. The van der Waals surface area contributed by atoms with Crippen LogP contribution < -0.4 is 0 Å². The molecule has 0 aliphatic heterocycles. The van der Waals surface area contributed by atoms with Crippen molar-refractivity contribution in [3.8, 4) is 0 Å². The molecule has 19 heavy (non-hydrogen) atoms. The molecular weight excluding hydrogens is 236 g/mol. The van der Waals surface area contributed by atoms with Crippen LogP contribution in [-0.2, 0) is 4.79 Å². The minimum absolute atomic E-state index is 0.137. The summed E-state index contributed by atoms with van der Waals surface area (Å²) in [7, 11) is 0. The summed E-state index contributed by atoms with van der Waals surface area (Å²) in [6.45, 7) is 8.09. The van der Waals surface area contributed by atoms with E-state index >= 15 is 0 Å². The third kappa shape index (κ3) is 4.74. The molecule has 0 radical (unpaired) electrons. The molecule has 1 aromatic carbocycles. The van der Waals surface area contributed by atoms with Gasteiger partial charge >= 0.3 is 5.97 Å². The molecule has 0 fully saturated rings. The van der Waals surface area contributed by atoms with Crippen molar-refractivity contribution in [1.82, 2.24) is 0 Å². The Bertz CT molecular complexity index is 459. The summed E-state index contributed by atoms with van der Waals surface area (Å²) in [4.78, 5) is 10.6. The summed E-state index contributed by atoms with van der Waals surface area (Å²) >= 11 is 0. The minimum atomic E-state index is -0.735. The Labute approximate surface area is 115 Å². The molecule has 1 aromatic rings. The molecular formula is C17H22O2. The van der Waals surface area contributed by atoms with Crippen molar-refractivity contribution in [2.24, 2.45) is 11.8 Å². The Morgan fingerprint density at radius 3 is 1.89 bits per heavy atom. The Morgan fingerprint density at radius 2 is 1.53 bits per heavy atom. The predicted octanol–water partition coefficient (Wildman–Crippen LogP) is 4.14. The van der Waals surface area contributed by atoms with Gasteiger partial charge in [0.25, 0.3) is 0 Å². The number of carbonyl (C=O) groups is 1. The van der Waals surface area contributed by atoms with Gasteiger partial charge in [0.15, 0.2) is 0 Å². The van der Waals surface area contributed by atoms with E-state index in [4.69, 9.17) is 5.11 Å². The summed E-state index contributed by atoms with van der Waals surface area (Å²) < 4.78 is 0. The van der Waals surface area contributed by atoms with Crippen LogP contribution >= 0.6 is 0 Å². The summed E-state index contributed by atoms with van der Waals surface area (Å²) in [6.07, 6.45) is 5.51. The zero-order chi connectivity index (χ0) is 14.4. The summed E-state index contributed by atoms with van der Waals surface area (Å²) in [5, 5.41) is 8.75. The highest BCUT2D eigenvalue weighted by atomic mass is 16.4. The first-order chi connectivity index (χ1) is 8.91. The van der Waals surface area contributed by atoms with Crippen molar-refractivity contribution < 1.29 is 9.90 Å². The van der Waals surface area contributed by atoms with Crippen molar-refractivity contribution in [2.45, 2.75) is 27.7 Å². The molecule has 0 saturated heterocycles. The van der Waals surface area contributed by atoms with E-state index in [2.05, 4.69) is 38.1 Å². The van der Waals surface area contributed by atoms with Gasteiger partial charge in [-0.15, -0.1) is 0 Å². The molecule has 1 aliphatic carbocycles. The number of carboxylic acid groups (broad SMARTS) is 1. The first-order valence-corrected chi connectivity index (χ1v) is 6.53. The Balaban J connectivity index is 0.000000200. The number of aliphatic carboxylic acids is 1. The van der Waals surface area contributed by atoms with E-state index in [1.165, 1.54) is 11.1 Å². The molecule has 2 heteroatoms. The number of hydrogen-bond donors (Lipinski definition) is 1. The average Bonchev–Trinajstić information content (AvgIpc) is 2.37. The molecule has 0 aromatic heterocycles. The number of benzene rings is 1. The van der Waals surface area contributed by atoms with E-state index in [1.54, 1.807) is 6.08 Å². The Hall–Kier alpha value is -1.83. The van der Waals surface area contributed by atoms with Gasteiger partial charge in [-0.25, -0.2) is 0 Å². The lowest BCUT2D eigenvalue weighted by molar-refractivity contribution is -0.141. The zero-order valence-corrected chi connectivity index (χ0v) is 12.1. The van der Waals surface area contributed by atoms with Gasteiger partial charge in [0, 0.05) is 0 Å². The molecule has 0 saturated carbocycles. The first kappa shape index (κ1) is 15.2. The van der Waals surface area contributed by atoms with Crippen LogP contribution in [0.5, 0.6) is 0 Å². The zero-order valence-electron chi connectivity index (χ0n) is 12.1. The van der Waals surface area contributed by atoms with Crippen LogP contribution in [0.3, 0.4) is 0 Å². The van der Waals surface area contributed by atoms with E-state index in [9.17, 15) is 4.79 Å². The molecule has 102 valence electrons. The lowest BCUT2D eigenvalue weighted by atomic mass is 9.84. The quantitative estimate of drug-likeness (QED) is 0.822. The molecule has 0 bridgehead atoms. The second kappa shape index (κ2) is 6.93. The molecule has 1 N–H and O–H groups in total. The van der Waals surface area contributed by atoms with Crippen molar-refractivity contribution >= 4 is 5.97 Å². The van der Waals surface area contributed by atoms with E-state index in [-0.39, 0.29) is 11.8 Å². The van der Waals surface area contributed by atoms with Crippen LogP contribution in [0.4, 0.5) is 0 Å². The number of carboxylic acids is 1. The second-order valence-electron chi connectivity index (χ2n) is 5.10. The van der Waals surface area contributed by atoms with Crippen LogP contribution in [0.1, 0.15) is 25.0 Å². The number of rotatable bonds is 1. The van der Waals surface area contributed by atoms with Crippen LogP contribution in [-0.4, -0.2) is 11.1 Å². The van der Waals surface area contributed by atoms with Gasteiger partial charge in [-0.2, -0.15) is 0 Å². The summed E-state index contributed by atoms with van der Waals surface area (Å²) in [6, 6.07) is 8.48. The van der Waals surface area contributed by atoms with Gasteiger partial charge in [-0.05, 0) is 26.7 Å². The van der Waals surface area contributed by atoms with Crippen molar-refractivity contribution in [3.63, 3.8) is 0 Å². The molecule has 0 spiro atoms. The van der Waals surface area contributed by atoms with Gasteiger partial charge in [0.1, 0.15) is 0 Å². The maximum absolute atomic E-state index is 10.6. The van der Waals surface area contributed by atoms with Gasteiger partial charge in [-0.3, -0.25) is 4.79 Å². The highest BCUT2D eigenvalue weighted by Crippen LogP contribution is 2.25. The molecule has 2 rings (SSSR count). The first-order valence-electron chi connectivity index (χ1n) is 6.53. The average molecular weight is 258 g/mol. The third-order valence-corrected chi connectivity index (χ3v) is 3.44. The Kier molecular flexibility index (Phi) is 5.56. The van der Waals surface area contributed by atoms with Crippen LogP contribution in [0.15, 0.2) is 48.1 Å². The van der Waals surface area contributed by atoms with Crippen molar-refractivity contribution in [2.75, 3.05) is 0 Å². The number of aryl methyl sites for hydroxylation is 2. The third-order valence-electron chi connectivity index (χ3n) is 3.44. The standard InChI is InChI=1S/C9H12O2.C8H10/c1-6-4-3-5-8(7(6)2)9(10)11;1-7-3-5-8(2)6-4-7/h3-5,7-8H,1-2H3,(H,10,11);3-6H,1-2H3. The van der Waals surface area contributed by atoms with E-state index in [0.29, 0.717) is 0 Å². The Morgan fingerprint density at radius 1 is 1.05 bits per heavy atom. The van der Waals surface area contributed by atoms with Crippen LogP contribution in [0.2, 0.25) is 0 Å². The van der Waals surface area contributed by atoms with Crippen LogP contribution in [0, 0.1) is 25.7 Å². The molecule has 0 amide bonds. The molecule has 0 heterocycles. The van der Waals surface area contributed by atoms with Gasteiger partial charge < -0.3 is 5.11 Å². The van der Waals surface area contributed by atoms with E-state index in [0.717, 1.165) is 5.57 Å². The number of hydrogen-bond acceptors (Lipinski definition) is 1. The summed E-state index contributed by atoms with van der Waals surface area (Å²) in [5.41, 5.74) is 3.80. The highest BCUT2D eigenvalue weighted by Gasteiger charge is 2.24. The fourth-order valence-corrected chi connectivity index (χ4v) is 1.86. The molecule has 2 unspecified atom stereocenters. The largest absolute Gasteiger partial charge is 0.481 e. The maximum Gasteiger partial charge on any atom is 0.310 e.